The van der Waals surface area contributed by atoms with Crippen LogP contribution in [0, 0.1) is 0 Å². The minimum atomic E-state index is -0.825. The number of ether oxygens (including phenoxy) is 1. The smallest absolute Gasteiger partial charge is 0.407 e. The molecule has 2 atom stereocenters. The predicted molar refractivity (Wildman–Crippen MR) is 53.0 cm³/mol. The molecule has 0 aromatic rings. The molecule has 2 rings (SSSR count). The van der Waals surface area contributed by atoms with Crippen molar-refractivity contribution in [3.05, 3.63) is 0 Å². The van der Waals surface area contributed by atoms with Gasteiger partial charge < -0.3 is 14.7 Å². The summed E-state index contributed by atoms with van der Waals surface area (Å²) in [4.78, 5) is 14.5. The van der Waals surface area contributed by atoms with Gasteiger partial charge in [0.15, 0.2) is 0 Å². The van der Waals surface area contributed by atoms with Crippen molar-refractivity contribution < 1.29 is 14.6 Å². The van der Waals surface area contributed by atoms with Gasteiger partial charge in [-0.1, -0.05) is 0 Å². The van der Waals surface area contributed by atoms with Crippen molar-refractivity contribution in [2.75, 3.05) is 33.3 Å². The van der Waals surface area contributed by atoms with Crippen LogP contribution < -0.4 is 0 Å². The van der Waals surface area contributed by atoms with Crippen molar-refractivity contribution in [2.24, 2.45) is 0 Å². The minimum absolute atomic E-state index is 0. The van der Waals surface area contributed by atoms with Crippen molar-refractivity contribution in [1.29, 1.82) is 0 Å². The zero-order chi connectivity index (χ0) is 9.42. The molecule has 1 N–H and O–H groups in total. The quantitative estimate of drug-likeness (QED) is 0.632. The van der Waals surface area contributed by atoms with Crippen LogP contribution in [0.2, 0.25) is 0 Å². The number of amides is 1. The van der Waals surface area contributed by atoms with Crippen LogP contribution in [-0.4, -0.2) is 66.4 Å². The second kappa shape index (κ2) is 4.33. The lowest BCUT2D eigenvalue weighted by atomic mass is 10.1. The molecule has 0 bridgehead atoms. The van der Waals surface area contributed by atoms with Crippen LogP contribution in [-0.2, 0) is 4.74 Å². The molecule has 0 aliphatic carbocycles. The van der Waals surface area contributed by atoms with Gasteiger partial charge in [0.05, 0.1) is 18.8 Å². The normalized spacial score (nSPS) is 32.2. The third-order valence-corrected chi connectivity index (χ3v) is 2.73. The molecule has 14 heavy (non-hydrogen) atoms. The van der Waals surface area contributed by atoms with Crippen molar-refractivity contribution in [2.45, 2.75) is 12.1 Å². The number of likely N-dealkylation sites (tertiary alicyclic amines) is 1. The molecule has 82 valence electrons. The molecule has 0 aromatic carbocycles. The van der Waals surface area contributed by atoms with Crippen molar-refractivity contribution in [3.8, 4) is 0 Å². The monoisotopic (exact) mass is 222 g/mol. The van der Waals surface area contributed by atoms with Gasteiger partial charge in [-0.05, 0) is 7.05 Å². The van der Waals surface area contributed by atoms with E-state index in [0.717, 1.165) is 13.1 Å². The SMILES string of the molecule is CN1CC2OCCN(C(=O)O)C2C1.Cl. The van der Waals surface area contributed by atoms with E-state index in [1.54, 1.807) is 0 Å². The molecule has 1 amide bonds. The number of morpholine rings is 1. The van der Waals surface area contributed by atoms with Crippen LogP contribution in [0.5, 0.6) is 0 Å². The highest BCUT2D eigenvalue weighted by Crippen LogP contribution is 2.21. The number of nitrogens with zero attached hydrogens (tertiary/aromatic N) is 2. The molecule has 0 saturated carbocycles. The molecule has 0 spiro atoms. The lowest BCUT2D eigenvalue weighted by Gasteiger charge is -2.34. The first kappa shape index (κ1) is 11.6. The Kier molecular flexibility index (Phi) is 3.58. The molecule has 2 fully saturated rings. The molecule has 6 heteroatoms. The highest BCUT2D eigenvalue weighted by atomic mass is 35.5. The summed E-state index contributed by atoms with van der Waals surface area (Å²) >= 11 is 0. The highest BCUT2D eigenvalue weighted by molar-refractivity contribution is 5.85. The average molecular weight is 223 g/mol. The largest absolute Gasteiger partial charge is 0.465 e. The third-order valence-electron chi connectivity index (χ3n) is 2.73. The van der Waals surface area contributed by atoms with E-state index in [2.05, 4.69) is 4.90 Å². The number of rotatable bonds is 0. The van der Waals surface area contributed by atoms with Gasteiger partial charge in [-0.15, -0.1) is 12.4 Å². The van der Waals surface area contributed by atoms with Crippen molar-refractivity contribution in [1.82, 2.24) is 9.80 Å². The van der Waals surface area contributed by atoms with E-state index in [9.17, 15) is 4.79 Å². The average Bonchev–Trinajstić information content (AvgIpc) is 2.43. The first-order chi connectivity index (χ1) is 6.18. The van der Waals surface area contributed by atoms with Gasteiger partial charge >= 0.3 is 6.09 Å². The van der Waals surface area contributed by atoms with Crippen LogP contribution in [0.1, 0.15) is 0 Å². The van der Waals surface area contributed by atoms with Crippen molar-refractivity contribution >= 4 is 18.5 Å². The van der Waals surface area contributed by atoms with E-state index < -0.39 is 6.09 Å². The molecule has 0 aromatic heterocycles. The fourth-order valence-corrected chi connectivity index (χ4v) is 2.11. The maximum absolute atomic E-state index is 10.9. The van der Waals surface area contributed by atoms with Crippen LogP contribution >= 0.6 is 12.4 Å². The molecular weight excluding hydrogens is 208 g/mol. The summed E-state index contributed by atoms with van der Waals surface area (Å²) in [5.41, 5.74) is 0. The van der Waals surface area contributed by atoms with E-state index in [4.69, 9.17) is 9.84 Å². The second-order valence-electron chi connectivity index (χ2n) is 3.67. The van der Waals surface area contributed by atoms with E-state index in [1.807, 2.05) is 7.05 Å². The third kappa shape index (κ3) is 1.94. The van der Waals surface area contributed by atoms with Gasteiger partial charge in [-0.2, -0.15) is 0 Å². The fourth-order valence-electron chi connectivity index (χ4n) is 2.11. The lowest BCUT2D eigenvalue weighted by Crippen LogP contribution is -2.52. The Balaban J connectivity index is 0.000000980. The molecule has 2 aliphatic heterocycles. The van der Waals surface area contributed by atoms with Gasteiger partial charge in [-0.3, -0.25) is 4.90 Å². The summed E-state index contributed by atoms with van der Waals surface area (Å²) in [5, 5.41) is 8.92. The Morgan fingerprint density at radius 1 is 1.50 bits per heavy atom. The Morgan fingerprint density at radius 2 is 2.21 bits per heavy atom. The summed E-state index contributed by atoms with van der Waals surface area (Å²) < 4.78 is 5.51. The Hall–Kier alpha value is -0.520. The summed E-state index contributed by atoms with van der Waals surface area (Å²) in [6.45, 7) is 2.66. The molecule has 0 radical (unpaired) electrons. The van der Waals surface area contributed by atoms with Crippen LogP contribution in [0.3, 0.4) is 0 Å². The molecule has 5 nitrogen and oxygen atoms in total. The first-order valence-corrected chi connectivity index (χ1v) is 4.48. The Bertz CT molecular complexity index is 227. The van der Waals surface area contributed by atoms with Crippen LogP contribution in [0.15, 0.2) is 0 Å². The zero-order valence-electron chi connectivity index (χ0n) is 8.05. The first-order valence-electron chi connectivity index (χ1n) is 4.48. The van der Waals surface area contributed by atoms with E-state index in [0.29, 0.717) is 13.2 Å². The van der Waals surface area contributed by atoms with E-state index in [-0.39, 0.29) is 24.6 Å². The van der Waals surface area contributed by atoms with Gasteiger partial charge in [0.1, 0.15) is 0 Å². The van der Waals surface area contributed by atoms with Crippen molar-refractivity contribution in [3.63, 3.8) is 0 Å². The maximum atomic E-state index is 10.9. The van der Waals surface area contributed by atoms with Gasteiger partial charge in [0, 0.05) is 19.6 Å². The van der Waals surface area contributed by atoms with Crippen LogP contribution in [0.4, 0.5) is 4.79 Å². The number of fused-ring (bicyclic) bond motifs is 1. The maximum Gasteiger partial charge on any atom is 0.407 e. The minimum Gasteiger partial charge on any atom is -0.465 e. The zero-order valence-corrected chi connectivity index (χ0v) is 8.87. The standard InChI is InChI=1S/C8H14N2O3.ClH/c1-9-4-6-7(5-9)13-3-2-10(6)8(11)12;/h6-7H,2-5H2,1H3,(H,11,12);1H. The van der Waals surface area contributed by atoms with Gasteiger partial charge in [-0.25, -0.2) is 4.79 Å². The number of hydrogen-bond donors (Lipinski definition) is 1. The van der Waals surface area contributed by atoms with Crippen LogP contribution in [0.25, 0.3) is 0 Å². The summed E-state index contributed by atoms with van der Waals surface area (Å²) in [6.07, 6.45) is -0.747. The number of carbonyl (C=O) groups is 1. The Labute approximate surface area is 89.0 Å². The van der Waals surface area contributed by atoms with E-state index >= 15 is 0 Å². The molecule has 2 saturated heterocycles. The van der Waals surface area contributed by atoms with Gasteiger partial charge in [0.2, 0.25) is 0 Å². The predicted octanol–water partition coefficient (Wildman–Crippen LogP) is 0.101. The number of carboxylic acid groups (broad SMARTS) is 1. The number of hydrogen-bond acceptors (Lipinski definition) is 3. The van der Waals surface area contributed by atoms with E-state index in [1.165, 1.54) is 4.90 Å². The summed E-state index contributed by atoms with van der Waals surface area (Å²) in [6, 6.07) is 0.0382. The second-order valence-corrected chi connectivity index (χ2v) is 3.67. The molecule has 2 aliphatic rings. The topological polar surface area (TPSA) is 53.0 Å². The lowest BCUT2D eigenvalue weighted by molar-refractivity contribution is -0.0382. The summed E-state index contributed by atoms with van der Waals surface area (Å²) in [7, 11) is 1.99. The van der Waals surface area contributed by atoms with Gasteiger partial charge in [0.25, 0.3) is 0 Å². The fraction of sp³-hybridized carbons (Fsp3) is 0.875. The molecule has 2 unspecified atom stereocenters. The molecular formula is C8H15ClN2O3. The Morgan fingerprint density at radius 3 is 2.86 bits per heavy atom. The molecule has 2 heterocycles. The number of halogens is 1. The number of likely N-dealkylation sites (N-methyl/N-ethyl adjacent to an activating group) is 1. The summed E-state index contributed by atoms with van der Waals surface area (Å²) in [5.74, 6) is 0. The highest BCUT2D eigenvalue weighted by Gasteiger charge is 2.40.